The number of hydrogen-bond donors (Lipinski definition) is 0. The molecule has 0 amide bonds. The average Bonchev–Trinajstić information content (AvgIpc) is 3.31. The molecule has 3 aliphatic carbocycles. The Labute approximate surface area is 203 Å². The fourth-order valence-corrected chi connectivity index (χ4v) is 7.24. The summed E-state index contributed by atoms with van der Waals surface area (Å²) in [4.78, 5) is 2.36. The Morgan fingerprint density at radius 1 is 0.676 bits per heavy atom. The van der Waals surface area contributed by atoms with E-state index in [1.807, 2.05) is 0 Å². The molecule has 0 radical (unpaired) electrons. The van der Waals surface area contributed by atoms with Gasteiger partial charge in [-0.25, -0.2) is 0 Å². The van der Waals surface area contributed by atoms with Crippen molar-refractivity contribution in [2.24, 2.45) is 5.41 Å². The number of rotatable bonds is 4. The standard InChI is InChI=1S/C33H31N/c1-23-20-24(25-12-14-29-26-16-18-33(22-26)19-17-31(33)30(29)21-25)13-15-32(23)34(27-8-4-2-5-9-27)28-10-6-3-7-11-28/h2-15,20-21,26,31H,16-19,22H2,1H3. The van der Waals surface area contributed by atoms with Gasteiger partial charge in [-0.15, -0.1) is 0 Å². The van der Waals surface area contributed by atoms with Crippen LogP contribution < -0.4 is 4.90 Å². The predicted octanol–water partition coefficient (Wildman–Crippen LogP) is 9.28. The molecule has 3 unspecified atom stereocenters. The first-order valence-electron chi connectivity index (χ1n) is 12.9. The van der Waals surface area contributed by atoms with Gasteiger partial charge in [-0.2, -0.15) is 0 Å². The van der Waals surface area contributed by atoms with Gasteiger partial charge in [0.05, 0.1) is 0 Å². The number of hydrogen-bond acceptors (Lipinski definition) is 1. The van der Waals surface area contributed by atoms with Crippen molar-refractivity contribution in [3.63, 3.8) is 0 Å². The minimum atomic E-state index is 0.655. The van der Waals surface area contributed by atoms with Crippen LogP contribution in [0.25, 0.3) is 11.1 Å². The lowest BCUT2D eigenvalue weighted by Gasteiger charge is -2.51. The third-order valence-electron chi connectivity index (χ3n) is 9.02. The maximum atomic E-state index is 2.55. The molecule has 2 bridgehead atoms. The van der Waals surface area contributed by atoms with Crippen molar-refractivity contribution < 1.29 is 0 Å². The van der Waals surface area contributed by atoms with Crippen LogP contribution in [0.4, 0.5) is 17.1 Å². The number of fused-ring (bicyclic) bond motifs is 4. The molecule has 4 aromatic carbocycles. The zero-order chi connectivity index (χ0) is 22.7. The molecule has 1 heteroatoms. The first-order valence-corrected chi connectivity index (χ1v) is 12.9. The largest absolute Gasteiger partial charge is 0.310 e. The van der Waals surface area contributed by atoms with E-state index in [0.29, 0.717) is 5.41 Å². The van der Waals surface area contributed by atoms with Crippen molar-refractivity contribution in [3.05, 3.63) is 114 Å². The van der Waals surface area contributed by atoms with Gasteiger partial charge in [-0.3, -0.25) is 0 Å². The van der Waals surface area contributed by atoms with Crippen LogP contribution in [-0.4, -0.2) is 0 Å². The van der Waals surface area contributed by atoms with Gasteiger partial charge in [0.2, 0.25) is 0 Å². The van der Waals surface area contributed by atoms with Crippen molar-refractivity contribution in [1.29, 1.82) is 0 Å². The van der Waals surface area contributed by atoms with Crippen molar-refractivity contribution >= 4 is 17.1 Å². The zero-order valence-electron chi connectivity index (χ0n) is 19.9. The van der Waals surface area contributed by atoms with Crippen LogP contribution >= 0.6 is 0 Å². The van der Waals surface area contributed by atoms with Gasteiger partial charge < -0.3 is 4.90 Å². The number of aryl methyl sites for hydroxylation is 1. The molecule has 2 saturated carbocycles. The highest BCUT2D eigenvalue weighted by Gasteiger charge is 2.55. The Bertz CT molecular complexity index is 1320. The third-order valence-corrected chi connectivity index (χ3v) is 9.02. The lowest BCUT2D eigenvalue weighted by Crippen LogP contribution is -2.38. The van der Waals surface area contributed by atoms with Crippen molar-refractivity contribution in [1.82, 2.24) is 0 Å². The molecular weight excluding hydrogens is 410 g/mol. The molecule has 3 atom stereocenters. The van der Waals surface area contributed by atoms with Crippen LogP contribution in [0.2, 0.25) is 0 Å². The van der Waals surface area contributed by atoms with E-state index >= 15 is 0 Å². The highest BCUT2D eigenvalue weighted by molar-refractivity contribution is 5.80. The van der Waals surface area contributed by atoms with Crippen molar-refractivity contribution in [2.75, 3.05) is 4.90 Å². The van der Waals surface area contributed by atoms with E-state index in [0.717, 1.165) is 11.8 Å². The maximum Gasteiger partial charge on any atom is 0.0491 e. The maximum absolute atomic E-state index is 2.55. The fraction of sp³-hybridized carbons (Fsp3) is 0.273. The van der Waals surface area contributed by atoms with E-state index in [1.54, 1.807) is 11.1 Å². The third kappa shape index (κ3) is 2.99. The molecule has 0 N–H and O–H groups in total. The van der Waals surface area contributed by atoms with E-state index in [1.165, 1.54) is 65.9 Å². The van der Waals surface area contributed by atoms with E-state index in [4.69, 9.17) is 0 Å². The van der Waals surface area contributed by atoms with Crippen LogP contribution in [0.15, 0.2) is 97.1 Å². The molecule has 2 fully saturated rings. The van der Waals surface area contributed by atoms with Crippen molar-refractivity contribution in [2.45, 2.75) is 50.9 Å². The van der Waals surface area contributed by atoms with E-state index < -0.39 is 0 Å². The highest BCUT2D eigenvalue weighted by atomic mass is 15.1. The zero-order valence-corrected chi connectivity index (χ0v) is 19.9. The Kier molecular flexibility index (Phi) is 4.49. The van der Waals surface area contributed by atoms with Gasteiger partial charge >= 0.3 is 0 Å². The molecule has 4 aromatic rings. The van der Waals surface area contributed by atoms with Gasteiger partial charge in [-0.05, 0) is 120 Å². The fourth-order valence-electron chi connectivity index (χ4n) is 7.24. The number of anilines is 3. The number of nitrogens with zero attached hydrogens (tertiary/aromatic N) is 1. The number of para-hydroxylation sites is 2. The summed E-state index contributed by atoms with van der Waals surface area (Å²) in [5, 5.41) is 0. The SMILES string of the molecule is Cc1cc(-c2ccc3c(c2)C2CCC24CCC3C4)ccc1N(c1ccccc1)c1ccccc1. The minimum absolute atomic E-state index is 0.655. The van der Waals surface area contributed by atoms with Crippen LogP contribution in [0.5, 0.6) is 0 Å². The first kappa shape index (κ1) is 20.1. The van der Waals surface area contributed by atoms with E-state index in [-0.39, 0.29) is 0 Å². The molecule has 3 aliphatic rings. The summed E-state index contributed by atoms with van der Waals surface area (Å²) in [5.41, 5.74) is 11.6. The summed E-state index contributed by atoms with van der Waals surface area (Å²) >= 11 is 0. The summed E-state index contributed by atoms with van der Waals surface area (Å²) in [6, 6.07) is 35.8. The first-order chi connectivity index (χ1) is 16.7. The molecule has 168 valence electrons. The second kappa shape index (κ2) is 7.60. The van der Waals surface area contributed by atoms with Gasteiger partial charge in [0.25, 0.3) is 0 Å². The van der Waals surface area contributed by atoms with Crippen LogP contribution in [0.3, 0.4) is 0 Å². The Morgan fingerprint density at radius 2 is 1.32 bits per heavy atom. The number of benzene rings is 4. The monoisotopic (exact) mass is 441 g/mol. The molecule has 0 aromatic heterocycles. The predicted molar refractivity (Wildman–Crippen MR) is 142 cm³/mol. The Hall–Kier alpha value is -3.32. The lowest BCUT2D eigenvalue weighted by molar-refractivity contribution is 0.0879. The van der Waals surface area contributed by atoms with Gasteiger partial charge in [-0.1, -0.05) is 60.7 Å². The molecular formula is C33H31N. The summed E-state index contributed by atoms with van der Waals surface area (Å²) in [7, 11) is 0. The van der Waals surface area contributed by atoms with Gasteiger partial charge in [0, 0.05) is 17.1 Å². The average molecular weight is 442 g/mol. The molecule has 0 heterocycles. The summed E-state index contributed by atoms with van der Waals surface area (Å²) in [6.45, 7) is 2.25. The molecule has 1 spiro atoms. The van der Waals surface area contributed by atoms with Crippen LogP contribution in [0, 0.1) is 12.3 Å². The topological polar surface area (TPSA) is 3.24 Å². The summed E-state index contributed by atoms with van der Waals surface area (Å²) in [6.07, 6.45) is 7.16. The van der Waals surface area contributed by atoms with Gasteiger partial charge in [0.15, 0.2) is 0 Å². The molecule has 7 rings (SSSR count). The molecule has 0 aliphatic heterocycles. The molecule has 0 saturated heterocycles. The Morgan fingerprint density at radius 3 is 1.97 bits per heavy atom. The molecule has 34 heavy (non-hydrogen) atoms. The van der Waals surface area contributed by atoms with E-state index in [2.05, 4.69) is 109 Å². The highest BCUT2D eigenvalue weighted by Crippen LogP contribution is 2.69. The quantitative estimate of drug-likeness (QED) is 0.305. The summed E-state index contributed by atoms with van der Waals surface area (Å²) in [5.74, 6) is 1.63. The normalized spacial score (nSPS) is 24.1. The molecule has 1 nitrogen and oxygen atoms in total. The van der Waals surface area contributed by atoms with Crippen LogP contribution in [-0.2, 0) is 0 Å². The second-order valence-electron chi connectivity index (χ2n) is 10.7. The lowest BCUT2D eigenvalue weighted by atomic mass is 9.53. The smallest absolute Gasteiger partial charge is 0.0491 e. The van der Waals surface area contributed by atoms with Crippen molar-refractivity contribution in [3.8, 4) is 11.1 Å². The second-order valence-corrected chi connectivity index (χ2v) is 10.7. The van der Waals surface area contributed by atoms with E-state index in [9.17, 15) is 0 Å². The minimum Gasteiger partial charge on any atom is -0.310 e. The van der Waals surface area contributed by atoms with Crippen LogP contribution in [0.1, 0.15) is 60.6 Å². The Balaban J connectivity index is 1.28. The van der Waals surface area contributed by atoms with Gasteiger partial charge in [0.1, 0.15) is 0 Å². The summed E-state index contributed by atoms with van der Waals surface area (Å²) < 4.78 is 0.